The van der Waals surface area contributed by atoms with Crippen LogP contribution in [0, 0.1) is 0 Å². The molecule has 2 aromatic heterocycles. The Morgan fingerprint density at radius 1 is 1.03 bits per heavy atom. The molecule has 0 aliphatic carbocycles. The second-order valence-electron chi connectivity index (χ2n) is 7.05. The summed E-state index contributed by atoms with van der Waals surface area (Å²) in [7, 11) is 4.49. The minimum absolute atomic E-state index is 0.0375. The van der Waals surface area contributed by atoms with Crippen LogP contribution < -0.4 is 9.47 Å². The van der Waals surface area contributed by atoms with Crippen LogP contribution in [0.2, 0.25) is 0 Å². The van der Waals surface area contributed by atoms with Crippen molar-refractivity contribution in [2.75, 3.05) is 21.3 Å². The number of fused-ring (bicyclic) bond motifs is 1. The number of hydrogen-bond acceptors (Lipinski definition) is 8. The average molecular weight is 467 g/mol. The van der Waals surface area contributed by atoms with Gasteiger partial charge in [0.1, 0.15) is 18.2 Å². The molecule has 0 aliphatic rings. The van der Waals surface area contributed by atoms with Crippen LogP contribution in [0.1, 0.15) is 16.1 Å². The summed E-state index contributed by atoms with van der Waals surface area (Å²) in [4.78, 5) is 29.1. The Kier molecular flexibility index (Phi) is 6.60. The molecular formula is C24H22N2O6S. The summed E-state index contributed by atoms with van der Waals surface area (Å²) in [6, 6.07) is 12.9. The van der Waals surface area contributed by atoms with Gasteiger partial charge in [0, 0.05) is 28.0 Å². The molecule has 0 N–H and O–H groups in total. The Hall–Kier alpha value is -3.85. The highest BCUT2D eigenvalue weighted by atomic mass is 32.1. The molecule has 0 fully saturated rings. The fourth-order valence-corrected chi connectivity index (χ4v) is 4.27. The number of carbonyl (C=O) groups excluding carboxylic acids is 2. The Morgan fingerprint density at radius 3 is 2.58 bits per heavy atom. The summed E-state index contributed by atoms with van der Waals surface area (Å²) in [5.74, 6) is 0.361. The Morgan fingerprint density at radius 2 is 1.82 bits per heavy atom. The maximum atomic E-state index is 12.5. The first-order chi connectivity index (χ1) is 16.0. The number of hydrogen-bond donors (Lipinski definition) is 0. The molecule has 4 aromatic rings. The zero-order chi connectivity index (χ0) is 23.4. The van der Waals surface area contributed by atoms with Gasteiger partial charge in [0.25, 0.3) is 0 Å². The Balaban J connectivity index is 1.44. The third kappa shape index (κ3) is 4.68. The maximum Gasteiger partial charge on any atom is 0.340 e. The second-order valence-corrected chi connectivity index (χ2v) is 7.91. The average Bonchev–Trinajstić information content (AvgIpc) is 3.47. The van der Waals surface area contributed by atoms with Crippen LogP contribution in [0.3, 0.4) is 0 Å². The smallest absolute Gasteiger partial charge is 0.340 e. The number of thiazole rings is 1. The number of ether oxygens (including phenoxy) is 4. The van der Waals surface area contributed by atoms with Crippen LogP contribution in [-0.4, -0.2) is 42.8 Å². The summed E-state index contributed by atoms with van der Waals surface area (Å²) in [6.07, 6.45) is 1.61. The van der Waals surface area contributed by atoms with E-state index in [4.69, 9.17) is 18.9 Å². The molecule has 0 atom stereocenters. The standard InChI is InChI=1S/C24H22N2O6S/c1-29-20-9-8-15(10-21(20)30-2)23-25-16(14-33-23)13-32-22(27)12-26-11-18(24(28)31-3)17-6-4-5-7-19(17)26/h4-11,14H,12-13H2,1-3H3. The maximum absolute atomic E-state index is 12.5. The van der Waals surface area contributed by atoms with Gasteiger partial charge in [-0.1, -0.05) is 18.2 Å². The van der Waals surface area contributed by atoms with E-state index in [1.54, 1.807) is 25.0 Å². The molecule has 170 valence electrons. The molecule has 9 heteroatoms. The fraction of sp³-hybridized carbons (Fsp3) is 0.208. The first kappa shape index (κ1) is 22.3. The van der Waals surface area contributed by atoms with Crippen molar-refractivity contribution in [2.24, 2.45) is 0 Å². The van der Waals surface area contributed by atoms with Gasteiger partial charge in [0.2, 0.25) is 0 Å². The minimum atomic E-state index is -0.455. The number of esters is 2. The van der Waals surface area contributed by atoms with Gasteiger partial charge in [-0.2, -0.15) is 0 Å². The Bertz CT molecular complexity index is 1310. The van der Waals surface area contributed by atoms with Crippen LogP contribution in [0.25, 0.3) is 21.5 Å². The molecule has 0 amide bonds. The van der Waals surface area contributed by atoms with E-state index >= 15 is 0 Å². The highest BCUT2D eigenvalue weighted by molar-refractivity contribution is 7.13. The normalized spacial score (nSPS) is 10.8. The van der Waals surface area contributed by atoms with Gasteiger partial charge in [0.15, 0.2) is 11.5 Å². The van der Waals surface area contributed by atoms with E-state index in [0.29, 0.717) is 22.8 Å². The van der Waals surface area contributed by atoms with E-state index in [1.807, 2.05) is 47.8 Å². The SMILES string of the molecule is COC(=O)c1cn(CC(=O)OCc2csc(-c3ccc(OC)c(OC)c3)n2)c2ccccc12. The molecule has 0 bridgehead atoms. The fourth-order valence-electron chi connectivity index (χ4n) is 3.46. The minimum Gasteiger partial charge on any atom is -0.493 e. The molecule has 0 saturated carbocycles. The van der Waals surface area contributed by atoms with Gasteiger partial charge < -0.3 is 23.5 Å². The zero-order valence-electron chi connectivity index (χ0n) is 18.4. The predicted molar refractivity (Wildman–Crippen MR) is 124 cm³/mol. The van der Waals surface area contributed by atoms with E-state index in [9.17, 15) is 9.59 Å². The summed E-state index contributed by atoms with van der Waals surface area (Å²) < 4.78 is 22.6. The predicted octanol–water partition coefficient (Wildman–Crippen LogP) is 4.31. The summed E-state index contributed by atoms with van der Waals surface area (Å²) in [5.41, 5.74) is 2.68. The van der Waals surface area contributed by atoms with E-state index in [-0.39, 0.29) is 13.2 Å². The van der Waals surface area contributed by atoms with Gasteiger partial charge in [0.05, 0.1) is 32.6 Å². The number of rotatable bonds is 8. The highest BCUT2D eigenvalue weighted by Crippen LogP contribution is 2.33. The van der Waals surface area contributed by atoms with Crippen molar-refractivity contribution in [1.29, 1.82) is 0 Å². The van der Waals surface area contributed by atoms with Crippen LogP contribution in [-0.2, 0) is 27.4 Å². The first-order valence-corrected chi connectivity index (χ1v) is 10.9. The number of benzene rings is 2. The molecule has 0 spiro atoms. The quantitative estimate of drug-likeness (QED) is 0.358. The van der Waals surface area contributed by atoms with Crippen LogP contribution in [0.5, 0.6) is 11.5 Å². The molecule has 2 aromatic carbocycles. The molecule has 0 radical (unpaired) electrons. The van der Waals surface area contributed by atoms with Gasteiger partial charge in [-0.15, -0.1) is 11.3 Å². The number of para-hydroxylation sites is 1. The topological polar surface area (TPSA) is 88.9 Å². The van der Waals surface area contributed by atoms with E-state index in [1.165, 1.54) is 18.4 Å². The lowest BCUT2D eigenvalue weighted by Gasteiger charge is -2.08. The number of nitrogens with zero attached hydrogens (tertiary/aromatic N) is 2. The van der Waals surface area contributed by atoms with E-state index < -0.39 is 11.9 Å². The monoisotopic (exact) mass is 466 g/mol. The van der Waals surface area contributed by atoms with Crippen molar-refractivity contribution in [3.8, 4) is 22.1 Å². The van der Waals surface area contributed by atoms with Gasteiger partial charge in [-0.05, 0) is 24.3 Å². The van der Waals surface area contributed by atoms with Crippen molar-refractivity contribution in [3.63, 3.8) is 0 Å². The van der Waals surface area contributed by atoms with Crippen molar-refractivity contribution in [3.05, 3.63) is 65.3 Å². The van der Waals surface area contributed by atoms with Crippen molar-refractivity contribution in [1.82, 2.24) is 9.55 Å². The second kappa shape index (κ2) is 9.74. The largest absolute Gasteiger partial charge is 0.493 e. The van der Waals surface area contributed by atoms with Gasteiger partial charge in [-0.3, -0.25) is 4.79 Å². The molecule has 4 rings (SSSR count). The van der Waals surface area contributed by atoms with Crippen molar-refractivity contribution in [2.45, 2.75) is 13.2 Å². The number of methoxy groups -OCH3 is 3. The van der Waals surface area contributed by atoms with Crippen molar-refractivity contribution >= 4 is 34.2 Å². The van der Waals surface area contributed by atoms with Crippen LogP contribution in [0.15, 0.2) is 54.0 Å². The Labute approximate surface area is 194 Å². The first-order valence-electron chi connectivity index (χ1n) is 10.0. The highest BCUT2D eigenvalue weighted by Gasteiger charge is 2.17. The number of carbonyl (C=O) groups is 2. The molecule has 2 heterocycles. The molecule has 0 unspecified atom stereocenters. The third-order valence-corrected chi connectivity index (χ3v) is 6.00. The molecule has 0 saturated heterocycles. The lowest BCUT2D eigenvalue weighted by Crippen LogP contribution is -2.13. The summed E-state index contributed by atoms with van der Waals surface area (Å²) >= 11 is 1.45. The summed E-state index contributed by atoms with van der Waals surface area (Å²) in [5, 5.41) is 3.34. The van der Waals surface area contributed by atoms with E-state index in [2.05, 4.69) is 4.98 Å². The van der Waals surface area contributed by atoms with Gasteiger partial charge >= 0.3 is 11.9 Å². The molecule has 33 heavy (non-hydrogen) atoms. The molecular weight excluding hydrogens is 444 g/mol. The lowest BCUT2D eigenvalue weighted by molar-refractivity contribution is -0.145. The van der Waals surface area contributed by atoms with Gasteiger partial charge in [-0.25, -0.2) is 9.78 Å². The molecule has 0 aliphatic heterocycles. The third-order valence-electron chi connectivity index (χ3n) is 5.06. The van der Waals surface area contributed by atoms with Crippen LogP contribution >= 0.6 is 11.3 Å². The number of aromatic nitrogens is 2. The van der Waals surface area contributed by atoms with Crippen LogP contribution in [0.4, 0.5) is 0 Å². The van der Waals surface area contributed by atoms with Crippen molar-refractivity contribution < 1.29 is 28.5 Å². The summed E-state index contributed by atoms with van der Waals surface area (Å²) in [6.45, 7) is 0.00979. The molecule has 8 nitrogen and oxygen atoms in total. The zero-order valence-corrected chi connectivity index (χ0v) is 19.2. The lowest BCUT2D eigenvalue weighted by atomic mass is 10.2. The van der Waals surface area contributed by atoms with E-state index in [0.717, 1.165) is 21.5 Å².